The van der Waals surface area contributed by atoms with Gasteiger partial charge in [0.1, 0.15) is 5.82 Å². The van der Waals surface area contributed by atoms with Crippen LogP contribution in [0.1, 0.15) is 36.5 Å². The molecule has 142 valence electrons. The first-order valence-corrected chi connectivity index (χ1v) is 8.95. The Bertz CT molecular complexity index is 856. The summed E-state index contributed by atoms with van der Waals surface area (Å²) in [5.41, 5.74) is 1.79. The minimum Gasteiger partial charge on any atom is -0.481 e. The van der Waals surface area contributed by atoms with E-state index in [-0.39, 0.29) is 10.9 Å². The van der Waals surface area contributed by atoms with Gasteiger partial charge in [-0.2, -0.15) is 0 Å². The number of hydrogen-bond donors (Lipinski definition) is 2. The van der Waals surface area contributed by atoms with Crippen LogP contribution in [0.25, 0.3) is 0 Å². The molecule has 1 heterocycles. The lowest BCUT2D eigenvalue weighted by molar-refractivity contribution is -0.138. The first-order valence-electron chi connectivity index (χ1n) is 8.57. The van der Waals surface area contributed by atoms with Gasteiger partial charge in [0.05, 0.1) is 23.0 Å². The van der Waals surface area contributed by atoms with E-state index in [4.69, 9.17) is 21.4 Å². The number of carboxylic acid groups (broad SMARTS) is 1. The van der Waals surface area contributed by atoms with E-state index >= 15 is 0 Å². The Labute approximate surface area is 161 Å². The molecule has 1 aliphatic heterocycles. The quantitative estimate of drug-likeness (QED) is 0.792. The van der Waals surface area contributed by atoms with Gasteiger partial charge in [-0.05, 0) is 48.7 Å². The van der Waals surface area contributed by atoms with Gasteiger partial charge in [-0.3, -0.25) is 9.59 Å². The Balaban J connectivity index is 1.71. The summed E-state index contributed by atoms with van der Waals surface area (Å²) in [6.45, 7) is 2.00. The molecule has 0 spiro atoms. The van der Waals surface area contributed by atoms with Crippen LogP contribution in [0.4, 0.5) is 10.1 Å². The van der Waals surface area contributed by atoms with Gasteiger partial charge in [0, 0.05) is 12.3 Å². The molecule has 1 saturated heterocycles. The molecular formula is C20H19ClFNO4. The number of rotatable bonds is 5. The standard InChI is InChI=1S/C20H19ClFNO4/c1-11(20(25)26)12-2-5-14(6-3-12)23-19(24)15-8-9-27-18(15)13-4-7-16(21)17(22)10-13/h2-7,10-11,15,18H,8-9H2,1H3,(H,23,24)(H,25,26)/t11?,15-,18+/m1/s1. The normalized spacial score (nSPS) is 20.3. The molecule has 27 heavy (non-hydrogen) atoms. The summed E-state index contributed by atoms with van der Waals surface area (Å²) in [5, 5.41) is 11.9. The summed E-state index contributed by atoms with van der Waals surface area (Å²) in [7, 11) is 0. The highest BCUT2D eigenvalue weighted by molar-refractivity contribution is 6.30. The fraction of sp³-hybridized carbons (Fsp3) is 0.300. The van der Waals surface area contributed by atoms with E-state index in [2.05, 4.69) is 5.32 Å². The zero-order valence-corrected chi connectivity index (χ0v) is 15.4. The van der Waals surface area contributed by atoms with E-state index in [1.54, 1.807) is 37.3 Å². The SMILES string of the molecule is CC(C(=O)O)c1ccc(NC(=O)[C@@H]2CCO[C@H]2c2ccc(Cl)c(F)c2)cc1. The molecule has 7 heteroatoms. The molecule has 2 N–H and O–H groups in total. The first kappa shape index (κ1) is 19.3. The van der Waals surface area contributed by atoms with Gasteiger partial charge < -0.3 is 15.2 Å². The van der Waals surface area contributed by atoms with Crippen molar-refractivity contribution in [3.05, 3.63) is 64.4 Å². The van der Waals surface area contributed by atoms with E-state index in [9.17, 15) is 14.0 Å². The molecule has 2 aromatic rings. The van der Waals surface area contributed by atoms with Gasteiger partial charge in [-0.25, -0.2) is 4.39 Å². The molecule has 5 nitrogen and oxygen atoms in total. The number of ether oxygens (including phenoxy) is 1. The molecule has 1 unspecified atom stereocenters. The minimum absolute atomic E-state index is 0.0217. The van der Waals surface area contributed by atoms with E-state index in [1.165, 1.54) is 12.1 Å². The van der Waals surface area contributed by atoms with Crippen LogP contribution in [0.15, 0.2) is 42.5 Å². The van der Waals surface area contributed by atoms with E-state index < -0.39 is 29.7 Å². The third-order valence-electron chi connectivity index (χ3n) is 4.75. The predicted octanol–water partition coefficient (Wildman–Crippen LogP) is 4.38. The number of amides is 1. The molecule has 0 aliphatic carbocycles. The maximum absolute atomic E-state index is 13.7. The summed E-state index contributed by atoms with van der Waals surface area (Å²) in [5.74, 6) is -2.77. The summed E-state index contributed by atoms with van der Waals surface area (Å²) >= 11 is 5.72. The second-order valence-electron chi connectivity index (χ2n) is 6.53. The number of halogens is 2. The number of hydrogen-bond acceptors (Lipinski definition) is 3. The van der Waals surface area contributed by atoms with Crippen molar-refractivity contribution in [3.63, 3.8) is 0 Å². The predicted molar refractivity (Wildman–Crippen MR) is 99.3 cm³/mol. The van der Waals surface area contributed by atoms with Gasteiger partial charge in [0.25, 0.3) is 0 Å². The average Bonchev–Trinajstić information content (AvgIpc) is 3.14. The highest BCUT2D eigenvalue weighted by Gasteiger charge is 2.35. The van der Waals surface area contributed by atoms with Gasteiger partial charge in [-0.15, -0.1) is 0 Å². The molecule has 1 fully saturated rings. The highest BCUT2D eigenvalue weighted by atomic mass is 35.5. The Hall–Kier alpha value is -2.44. The van der Waals surface area contributed by atoms with E-state index in [0.29, 0.717) is 29.8 Å². The third-order valence-corrected chi connectivity index (χ3v) is 5.06. The lowest BCUT2D eigenvalue weighted by atomic mass is 9.94. The number of nitrogens with one attached hydrogen (secondary N) is 1. The van der Waals surface area contributed by atoms with Crippen molar-refractivity contribution in [2.45, 2.75) is 25.4 Å². The van der Waals surface area contributed by atoms with Crippen LogP contribution in [-0.2, 0) is 14.3 Å². The number of benzene rings is 2. The molecule has 1 amide bonds. The molecule has 0 aromatic heterocycles. The summed E-state index contributed by atoms with van der Waals surface area (Å²) < 4.78 is 19.4. The zero-order chi connectivity index (χ0) is 19.6. The van der Waals surface area contributed by atoms with E-state index in [0.717, 1.165) is 0 Å². The number of anilines is 1. The maximum atomic E-state index is 13.7. The fourth-order valence-corrected chi connectivity index (χ4v) is 3.23. The molecule has 1 aliphatic rings. The molecule has 3 rings (SSSR count). The highest BCUT2D eigenvalue weighted by Crippen LogP contribution is 2.36. The molecule has 0 saturated carbocycles. The summed E-state index contributed by atoms with van der Waals surface area (Å²) in [6.07, 6.45) is -0.0161. The second kappa shape index (κ2) is 8.06. The smallest absolute Gasteiger partial charge is 0.310 e. The lowest BCUT2D eigenvalue weighted by Gasteiger charge is -2.19. The van der Waals surface area contributed by atoms with Crippen LogP contribution in [0.2, 0.25) is 5.02 Å². The number of carboxylic acids is 1. The topological polar surface area (TPSA) is 75.6 Å². The number of carbonyl (C=O) groups excluding carboxylic acids is 1. The number of carbonyl (C=O) groups is 2. The molecule has 3 atom stereocenters. The summed E-state index contributed by atoms with van der Waals surface area (Å²) in [6, 6.07) is 11.1. The van der Waals surface area contributed by atoms with Crippen LogP contribution in [-0.4, -0.2) is 23.6 Å². The van der Waals surface area contributed by atoms with Crippen molar-refractivity contribution in [1.82, 2.24) is 0 Å². The van der Waals surface area contributed by atoms with Crippen molar-refractivity contribution in [2.75, 3.05) is 11.9 Å². The second-order valence-corrected chi connectivity index (χ2v) is 6.94. The van der Waals surface area contributed by atoms with Gasteiger partial charge in [0.15, 0.2) is 0 Å². The van der Waals surface area contributed by atoms with Crippen LogP contribution >= 0.6 is 11.6 Å². The lowest BCUT2D eigenvalue weighted by Crippen LogP contribution is -2.25. The Morgan fingerprint density at radius 2 is 1.96 bits per heavy atom. The Morgan fingerprint density at radius 1 is 1.26 bits per heavy atom. The van der Waals surface area contributed by atoms with Crippen molar-refractivity contribution < 1.29 is 23.8 Å². The number of aliphatic carboxylic acids is 1. The van der Waals surface area contributed by atoms with Crippen LogP contribution in [0.3, 0.4) is 0 Å². The van der Waals surface area contributed by atoms with Crippen molar-refractivity contribution in [2.24, 2.45) is 5.92 Å². The van der Waals surface area contributed by atoms with Gasteiger partial charge in [-0.1, -0.05) is 29.8 Å². The zero-order valence-electron chi connectivity index (χ0n) is 14.6. The van der Waals surface area contributed by atoms with Crippen molar-refractivity contribution in [1.29, 1.82) is 0 Å². The summed E-state index contributed by atoms with van der Waals surface area (Å²) in [4.78, 5) is 23.7. The maximum Gasteiger partial charge on any atom is 0.310 e. The molecular weight excluding hydrogens is 373 g/mol. The monoisotopic (exact) mass is 391 g/mol. The molecule has 0 bridgehead atoms. The minimum atomic E-state index is -0.909. The van der Waals surface area contributed by atoms with Gasteiger partial charge in [0.2, 0.25) is 5.91 Å². The Morgan fingerprint density at radius 3 is 2.59 bits per heavy atom. The van der Waals surface area contributed by atoms with Crippen LogP contribution in [0.5, 0.6) is 0 Å². The largest absolute Gasteiger partial charge is 0.481 e. The molecule has 0 radical (unpaired) electrons. The first-order chi connectivity index (χ1) is 12.9. The molecule has 2 aromatic carbocycles. The van der Waals surface area contributed by atoms with Crippen LogP contribution < -0.4 is 5.32 Å². The third kappa shape index (κ3) is 4.28. The van der Waals surface area contributed by atoms with Gasteiger partial charge >= 0.3 is 5.97 Å². The fourth-order valence-electron chi connectivity index (χ4n) is 3.11. The van der Waals surface area contributed by atoms with Crippen LogP contribution in [0, 0.1) is 11.7 Å². The average molecular weight is 392 g/mol. The Kier molecular flexibility index (Phi) is 5.77. The van der Waals surface area contributed by atoms with Crippen molar-refractivity contribution in [3.8, 4) is 0 Å². The van der Waals surface area contributed by atoms with Crippen molar-refractivity contribution >= 4 is 29.2 Å². The van der Waals surface area contributed by atoms with E-state index in [1.807, 2.05) is 0 Å².